The molecule has 7 nitrogen and oxygen atoms in total. The number of carboxylic acids is 1. The number of carbonyl (C=O) groups is 3. The van der Waals surface area contributed by atoms with Crippen LogP contribution < -0.4 is 10.6 Å². The lowest BCUT2D eigenvalue weighted by Gasteiger charge is -2.13. The highest BCUT2D eigenvalue weighted by atomic mass is 32.2. The summed E-state index contributed by atoms with van der Waals surface area (Å²) in [7, 11) is 0. The number of unbranched alkanes of at least 4 members (excludes halogenated alkanes) is 1. The Morgan fingerprint density at radius 3 is 2.53 bits per heavy atom. The molecule has 1 atom stereocenters. The Morgan fingerprint density at radius 2 is 2.00 bits per heavy atom. The standard InChI is InChI=1S/C11H20N2O5S/c1-3-5-6-18-10(16)13-8(9(14)15)7-19-11(17)12-4-2/h8H,3-7H2,1-2H3,(H,12,17)(H,13,16)(H,14,15). The molecule has 0 aromatic rings. The minimum absolute atomic E-state index is 0.0515. The lowest BCUT2D eigenvalue weighted by Crippen LogP contribution is -2.43. The highest BCUT2D eigenvalue weighted by molar-refractivity contribution is 8.13. The van der Waals surface area contributed by atoms with Gasteiger partial charge in [-0.15, -0.1) is 0 Å². The van der Waals surface area contributed by atoms with Crippen molar-refractivity contribution in [2.45, 2.75) is 32.7 Å². The zero-order chi connectivity index (χ0) is 14.7. The average Bonchev–Trinajstić information content (AvgIpc) is 2.34. The molecule has 19 heavy (non-hydrogen) atoms. The molecule has 110 valence electrons. The van der Waals surface area contributed by atoms with E-state index < -0.39 is 18.1 Å². The Hall–Kier alpha value is -1.44. The van der Waals surface area contributed by atoms with Crippen LogP contribution in [0.25, 0.3) is 0 Å². The number of hydrogen-bond acceptors (Lipinski definition) is 5. The Balaban J connectivity index is 4.08. The molecule has 0 saturated carbocycles. The van der Waals surface area contributed by atoms with Gasteiger partial charge in [0.05, 0.1) is 6.61 Å². The van der Waals surface area contributed by atoms with E-state index in [4.69, 9.17) is 9.84 Å². The number of carboxylic acid groups (broad SMARTS) is 1. The predicted octanol–water partition coefficient (Wildman–Crippen LogP) is 1.43. The third kappa shape index (κ3) is 9.18. The Morgan fingerprint density at radius 1 is 1.32 bits per heavy atom. The van der Waals surface area contributed by atoms with Gasteiger partial charge in [-0.25, -0.2) is 9.59 Å². The van der Waals surface area contributed by atoms with Gasteiger partial charge in [-0.3, -0.25) is 4.79 Å². The van der Waals surface area contributed by atoms with Crippen LogP contribution in [-0.4, -0.2) is 47.4 Å². The summed E-state index contributed by atoms with van der Waals surface area (Å²) in [6.45, 7) is 4.43. The molecule has 1 unspecified atom stereocenters. The van der Waals surface area contributed by atoms with E-state index in [0.717, 1.165) is 24.6 Å². The summed E-state index contributed by atoms with van der Waals surface area (Å²) in [4.78, 5) is 33.4. The molecule has 0 aliphatic carbocycles. The normalized spacial score (nSPS) is 11.5. The summed E-state index contributed by atoms with van der Waals surface area (Å²) in [6, 6.07) is -1.15. The predicted molar refractivity (Wildman–Crippen MR) is 72.3 cm³/mol. The molecule has 0 fully saturated rings. The molecule has 0 bridgehead atoms. The van der Waals surface area contributed by atoms with Gasteiger partial charge in [0.15, 0.2) is 0 Å². The lowest BCUT2D eigenvalue weighted by molar-refractivity contribution is -0.138. The third-order valence-corrected chi connectivity index (χ3v) is 2.93. The number of thioether (sulfide) groups is 1. The number of hydrogen-bond donors (Lipinski definition) is 3. The highest BCUT2D eigenvalue weighted by Crippen LogP contribution is 2.05. The van der Waals surface area contributed by atoms with Crippen molar-refractivity contribution in [2.75, 3.05) is 18.9 Å². The maximum Gasteiger partial charge on any atom is 0.407 e. The van der Waals surface area contributed by atoms with E-state index in [1.165, 1.54) is 0 Å². The van der Waals surface area contributed by atoms with Crippen molar-refractivity contribution in [3.63, 3.8) is 0 Å². The first-order chi connectivity index (χ1) is 9.01. The van der Waals surface area contributed by atoms with Crippen LogP contribution in [-0.2, 0) is 9.53 Å². The molecule has 0 rings (SSSR count). The van der Waals surface area contributed by atoms with Gasteiger partial charge in [0.25, 0.3) is 5.24 Å². The zero-order valence-electron chi connectivity index (χ0n) is 11.1. The van der Waals surface area contributed by atoms with Crippen molar-refractivity contribution < 1.29 is 24.2 Å². The smallest absolute Gasteiger partial charge is 0.407 e. The first-order valence-electron chi connectivity index (χ1n) is 6.07. The van der Waals surface area contributed by atoms with Gasteiger partial charge in [0.2, 0.25) is 0 Å². The van der Waals surface area contributed by atoms with E-state index in [-0.39, 0.29) is 17.6 Å². The SMILES string of the molecule is CCCCOC(=O)NC(CSC(=O)NCC)C(=O)O. The first kappa shape index (κ1) is 17.6. The number of ether oxygens (including phenoxy) is 1. The third-order valence-electron chi connectivity index (χ3n) is 2.02. The number of carbonyl (C=O) groups excluding carboxylic acids is 2. The number of alkyl carbamates (subject to hydrolysis) is 1. The van der Waals surface area contributed by atoms with Crippen molar-refractivity contribution in [1.82, 2.24) is 10.6 Å². The van der Waals surface area contributed by atoms with E-state index in [1.54, 1.807) is 6.92 Å². The van der Waals surface area contributed by atoms with Crippen LogP contribution in [0, 0.1) is 0 Å². The fourth-order valence-corrected chi connectivity index (χ4v) is 1.81. The van der Waals surface area contributed by atoms with Gasteiger partial charge in [0.1, 0.15) is 6.04 Å². The van der Waals surface area contributed by atoms with Gasteiger partial charge < -0.3 is 20.5 Å². The molecule has 3 N–H and O–H groups in total. The quantitative estimate of drug-likeness (QED) is 0.584. The fraction of sp³-hybridized carbons (Fsp3) is 0.727. The summed E-state index contributed by atoms with van der Waals surface area (Å²) < 4.78 is 4.79. The molecule has 0 aliphatic heterocycles. The van der Waals surface area contributed by atoms with Crippen LogP contribution in [0.15, 0.2) is 0 Å². The topological polar surface area (TPSA) is 105 Å². The second-order valence-corrected chi connectivity index (χ2v) is 4.65. The molecular formula is C11H20N2O5S. The molecule has 0 saturated heterocycles. The molecule has 0 spiro atoms. The van der Waals surface area contributed by atoms with Crippen LogP contribution in [0.3, 0.4) is 0 Å². The molecule has 0 aromatic carbocycles. The van der Waals surface area contributed by atoms with Gasteiger partial charge in [-0.05, 0) is 13.3 Å². The van der Waals surface area contributed by atoms with Crippen molar-refractivity contribution in [2.24, 2.45) is 0 Å². The lowest BCUT2D eigenvalue weighted by atomic mass is 10.3. The van der Waals surface area contributed by atoms with E-state index in [1.807, 2.05) is 6.92 Å². The summed E-state index contributed by atoms with van der Waals surface area (Å²) in [6.07, 6.45) is 0.818. The van der Waals surface area contributed by atoms with Crippen molar-refractivity contribution >= 4 is 29.1 Å². The van der Waals surface area contributed by atoms with E-state index >= 15 is 0 Å². The van der Waals surface area contributed by atoms with Crippen molar-refractivity contribution in [1.29, 1.82) is 0 Å². The number of nitrogens with one attached hydrogen (secondary N) is 2. The minimum Gasteiger partial charge on any atom is -0.480 e. The van der Waals surface area contributed by atoms with Crippen LogP contribution in [0.4, 0.5) is 9.59 Å². The second kappa shape index (κ2) is 10.5. The highest BCUT2D eigenvalue weighted by Gasteiger charge is 2.21. The molecule has 0 radical (unpaired) electrons. The number of aliphatic carboxylic acids is 1. The van der Waals surface area contributed by atoms with E-state index in [2.05, 4.69) is 10.6 Å². The zero-order valence-corrected chi connectivity index (χ0v) is 11.9. The summed E-state index contributed by atoms with van der Waals surface area (Å²) in [5, 5.41) is 13.3. The molecular weight excluding hydrogens is 272 g/mol. The van der Waals surface area contributed by atoms with Crippen LogP contribution in [0.1, 0.15) is 26.7 Å². The Labute approximate surface area is 116 Å². The average molecular weight is 292 g/mol. The Kier molecular flexibility index (Phi) is 9.69. The van der Waals surface area contributed by atoms with Gasteiger partial charge in [-0.2, -0.15) is 0 Å². The maximum atomic E-state index is 11.3. The largest absolute Gasteiger partial charge is 0.480 e. The molecule has 2 amide bonds. The number of amides is 2. The summed E-state index contributed by atoms with van der Waals surface area (Å²) >= 11 is 0.807. The fourth-order valence-electron chi connectivity index (χ4n) is 1.02. The van der Waals surface area contributed by atoms with E-state index in [0.29, 0.717) is 6.54 Å². The monoisotopic (exact) mass is 292 g/mol. The summed E-state index contributed by atoms with van der Waals surface area (Å²) in [5.41, 5.74) is 0. The molecule has 0 aliphatic rings. The molecule has 0 heterocycles. The van der Waals surface area contributed by atoms with Crippen molar-refractivity contribution in [3.8, 4) is 0 Å². The molecule has 0 aromatic heterocycles. The van der Waals surface area contributed by atoms with Gasteiger partial charge in [-0.1, -0.05) is 25.1 Å². The van der Waals surface area contributed by atoms with Gasteiger partial charge >= 0.3 is 12.1 Å². The Bertz CT molecular complexity index is 311. The van der Waals surface area contributed by atoms with Crippen LogP contribution in [0.5, 0.6) is 0 Å². The maximum absolute atomic E-state index is 11.3. The first-order valence-corrected chi connectivity index (χ1v) is 7.06. The second-order valence-electron chi connectivity index (χ2n) is 3.65. The van der Waals surface area contributed by atoms with Crippen LogP contribution in [0.2, 0.25) is 0 Å². The van der Waals surface area contributed by atoms with Crippen LogP contribution >= 0.6 is 11.8 Å². The summed E-state index contributed by atoms with van der Waals surface area (Å²) in [5.74, 6) is -1.26. The molecule has 8 heteroatoms. The van der Waals surface area contributed by atoms with Gasteiger partial charge in [0, 0.05) is 12.3 Å². The number of rotatable bonds is 8. The minimum atomic E-state index is -1.20. The van der Waals surface area contributed by atoms with E-state index in [9.17, 15) is 14.4 Å². The van der Waals surface area contributed by atoms with Crippen molar-refractivity contribution in [3.05, 3.63) is 0 Å².